The highest BCUT2D eigenvalue weighted by atomic mass is 79.9. The van der Waals surface area contributed by atoms with E-state index in [0.717, 1.165) is 4.60 Å². The van der Waals surface area contributed by atoms with E-state index in [0.29, 0.717) is 0 Å². The Kier molecular flexibility index (Phi) is 3.31. The second-order valence-corrected chi connectivity index (χ2v) is 4.74. The molecule has 78 valence electrons. The second kappa shape index (κ2) is 4.13. The summed E-state index contributed by atoms with van der Waals surface area (Å²) in [6, 6.07) is 0. The molecule has 0 unspecified atom stereocenters. The number of carbonyl (C=O) groups excluding carboxylic acids is 1. The number of aromatic nitrogens is 2. The third-order valence-electron chi connectivity index (χ3n) is 1.38. The minimum absolute atomic E-state index is 0.178. The van der Waals surface area contributed by atoms with Gasteiger partial charge in [0.05, 0.1) is 12.5 Å². The van der Waals surface area contributed by atoms with Crippen LogP contribution in [0, 0.1) is 0 Å². The summed E-state index contributed by atoms with van der Waals surface area (Å²) in [6.07, 6.45) is 3.21. The van der Waals surface area contributed by atoms with E-state index in [1.165, 1.54) is 0 Å². The Labute approximate surface area is 91.4 Å². The van der Waals surface area contributed by atoms with Crippen molar-refractivity contribution in [1.29, 1.82) is 0 Å². The van der Waals surface area contributed by atoms with Crippen molar-refractivity contribution in [3.05, 3.63) is 17.1 Å². The van der Waals surface area contributed by atoms with Crippen molar-refractivity contribution >= 4 is 21.9 Å². The first-order valence-electron chi connectivity index (χ1n) is 4.26. The molecule has 0 aliphatic rings. The smallest absolute Gasteiger partial charge is 0.326 e. The summed E-state index contributed by atoms with van der Waals surface area (Å²) in [5.41, 5.74) is -0.440. The number of halogens is 1. The van der Waals surface area contributed by atoms with Gasteiger partial charge in [-0.05, 0) is 36.7 Å². The van der Waals surface area contributed by atoms with Crippen molar-refractivity contribution in [3.8, 4) is 0 Å². The molecule has 0 amide bonds. The quantitative estimate of drug-likeness (QED) is 0.764. The van der Waals surface area contributed by atoms with Gasteiger partial charge in [0, 0.05) is 0 Å². The van der Waals surface area contributed by atoms with E-state index < -0.39 is 5.60 Å². The Hall–Kier alpha value is -0.840. The monoisotopic (exact) mass is 260 g/mol. The molecule has 0 aliphatic carbocycles. The van der Waals surface area contributed by atoms with Crippen LogP contribution in [0.4, 0.5) is 0 Å². The molecule has 0 saturated heterocycles. The Morgan fingerprint density at radius 1 is 1.64 bits per heavy atom. The van der Waals surface area contributed by atoms with E-state index in [1.54, 1.807) is 17.1 Å². The maximum Gasteiger partial charge on any atom is 0.326 e. The fourth-order valence-electron chi connectivity index (χ4n) is 0.934. The molecule has 4 nitrogen and oxygen atoms in total. The molecular weight excluding hydrogens is 248 g/mol. The Morgan fingerprint density at radius 2 is 2.29 bits per heavy atom. The van der Waals surface area contributed by atoms with Gasteiger partial charge < -0.3 is 9.30 Å². The van der Waals surface area contributed by atoms with Crippen LogP contribution in [-0.4, -0.2) is 21.1 Å². The average Bonchev–Trinajstić information content (AvgIpc) is 2.32. The van der Waals surface area contributed by atoms with Crippen molar-refractivity contribution in [3.63, 3.8) is 0 Å². The van der Waals surface area contributed by atoms with Crippen molar-refractivity contribution in [2.24, 2.45) is 0 Å². The molecule has 0 aromatic carbocycles. The summed E-state index contributed by atoms with van der Waals surface area (Å²) in [7, 11) is 0. The van der Waals surface area contributed by atoms with Gasteiger partial charge >= 0.3 is 5.97 Å². The lowest BCUT2D eigenvalue weighted by molar-refractivity contribution is -0.155. The van der Waals surface area contributed by atoms with E-state index in [2.05, 4.69) is 20.9 Å². The minimum atomic E-state index is -0.440. The predicted molar refractivity (Wildman–Crippen MR) is 55.8 cm³/mol. The highest BCUT2D eigenvalue weighted by Crippen LogP contribution is 2.11. The van der Waals surface area contributed by atoms with Gasteiger partial charge in [-0.15, -0.1) is 0 Å². The number of esters is 1. The highest BCUT2D eigenvalue weighted by Gasteiger charge is 2.16. The second-order valence-electron chi connectivity index (χ2n) is 3.93. The van der Waals surface area contributed by atoms with Crippen LogP contribution in [0.3, 0.4) is 0 Å². The van der Waals surface area contributed by atoms with Gasteiger partial charge in [-0.3, -0.25) is 4.79 Å². The van der Waals surface area contributed by atoms with Crippen LogP contribution in [0.1, 0.15) is 20.8 Å². The number of ether oxygens (including phenoxy) is 1. The molecule has 0 fully saturated rings. The third-order valence-corrected chi connectivity index (χ3v) is 2.04. The number of rotatable bonds is 2. The zero-order chi connectivity index (χ0) is 10.8. The fourth-order valence-corrected chi connectivity index (χ4v) is 1.27. The maximum absolute atomic E-state index is 11.4. The lowest BCUT2D eigenvalue weighted by atomic mass is 10.2. The van der Waals surface area contributed by atoms with Gasteiger partial charge in [-0.25, -0.2) is 4.98 Å². The normalized spacial score (nSPS) is 11.4. The first kappa shape index (κ1) is 11.2. The van der Waals surface area contributed by atoms with Gasteiger partial charge in [-0.1, -0.05) is 0 Å². The number of nitrogens with zero attached hydrogens (tertiary/aromatic N) is 2. The topological polar surface area (TPSA) is 44.1 Å². The number of carbonyl (C=O) groups is 1. The fraction of sp³-hybridized carbons (Fsp3) is 0.556. The lowest BCUT2D eigenvalue weighted by Crippen LogP contribution is -2.26. The van der Waals surface area contributed by atoms with E-state index in [1.807, 2.05) is 20.8 Å². The lowest BCUT2D eigenvalue weighted by Gasteiger charge is -2.19. The SMILES string of the molecule is CC(C)(C)OC(=O)Cn1cncc1Br. The molecule has 1 rings (SSSR count). The zero-order valence-electron chi connectivity index (χ0n) is 8.45. The van der Waals surface area contributed by atoms with Crippen LogP contribution in [0.5, 0.6) is 0 Å². The molecular formula is C9H13BrN2O2. The maximum atomic E-state index is 11.4. The van der Waals surface area contributed by atoms with Crippen LogP contribution in [-0.2, 0) is 16.1 Å². The van der Waals surface area contributed by atoms with Crippen LogP contribution in [0.25, 0.3) is 0 Å². The van der Waals surface area contributed by atoms with Crippen molar-refractivity contribution in [2.45, 2.75) is 32.9 Å². The van der Waals surface area contributed by atoms with Gasteiger partial charge in [0.15, 0.2) is 0 Å². The summed E-state index contributed by atoms with van der Waals surface area (Å²) in [4.78, 5) is 15.3. The van der Waals surface area contributed by atoms with Crippen LogP contribution < -0.4 is 0 Å². The molecule has 1 aromatic heterocycles. The van der Waals surface area contributed by atoms with Crippen molar-refractivity contribution < 1.29 is 9.53 Å². The molecule has 1 heterocycles. The Morgan fingerprint density at radius 3 is 2.71 bits per heavy atom. The summed E-state index contributed by atoms with van der Waals surface area (Å²) < 4.78 is 7.60. The van der Waals surface area contributed by atoms with Crippen LogP contribution >= 0.6 is 15.9 Å². The van der Waals surface area contributed by atoms with Gasteiger partial charge in [-0.2, -0.15) is 0 Å². The first-order chi connectivity index (χ1) is 6.38. The summed E-state index contributed by atoms with van der Waals surface area (Å²) in [5.74, 6) is -0.267. The molecule has 1 aromatic rings. The van der Waals surface area contributed by atoms with Crippen LogP contribution in [0.15, 0.2) is 17.1 Å². The number of hydrogen-bond donors (Lipinski definition) is 0. The molecule has 14 heavy (non-hydrogen) atoms. The standard InChI is InChI=1S/C9H13BrN2O2/c1-9(2,3)14-8(13)5-12-6-11-4-7(12)10/h4,6H,5H2,1-3H3. The Balaban J connectivity index is 2.54. The largest absolute Gasteiger partial charge is 0.459 e. The van der Waals surface area contributed by atoms with E-state index in [4.69, 9.17) is 4.74 Å². The van der Waals surface area contributed by atoms with E-state index in [9.17, 15) is 4.79 Å². The summed E-state index contributed by atoms with van der Waals surface area (Å²) in [6.45, 7) is 5.70. The molecule has 0 bridgehead atoms. The molecule has 0 spiro atoms. The zero-order valence-corrected chi connectivity index (χ0v) is 10.0. The molecule has 0 atom stereocenters. The van der Waals surface area contributed by atoms with Crippen LogP contribution in [0.2, 0.25) is 0 Å². The summed E-state index contributed by atoms with van der Waals surface area (Å²) in [5, 5.41) is 0. The molecule has 0 aliphatic heterocycles. The van der Waals surface area contributed by atoms with Gasteiger partial charge in [0.25, 0.3) is 0 Å². The Bertz CT molecular complexity index is 328. The van der Waals surface area contributed by atoms with Crippen molar-refractivity contribution in [2.75, 3.05) is 0 Å². The van der Waals surface area contributed by atoms with Crippen molar-refractivity contribution in [1.82, 2.24) is 9.55 Å². The van der Waals surface area contributed by atoms with E-state index in [-0.39, 0.29) is 12.5 Å². The van der Waals surface area contributed by atoms with Gasteiger partial charge in [0.2, 0.25) is 0 Å². The first-order valence-corrected chi connectivity index (χ1v) is 5.05. The molecule has 5 heteroatoms. The molecule has 0 saturated carbocycles. The highest BCUT2D eigenvalue weighted by molar-refractivity contribution is 9.10. The van der Waals surface area contributed by atoms with E-state index >= 15 is 0 Å². The molecule has 0 N–H and O–H groups in total. The minimum Gasteiger partial charge on any atom is -0.459 e. The van der Waals surface area contributed by atoms with Gasteiger partial charge in [0.1, 0.15) is 16.7 Å². The molecule has 0 radical (unpaired) electrons. The third kappa shape index (κ3) is 3.49. The predicted octanol–water partition coefficient (Wildman–Crippen LogP) is 1.99. The summed E-state index contributed by atoms with van der Waals surface area (Å²) >= 11 is 3.27. The number of imidazole rings is 1. The number of hydrogen-bond acceptors (Lipinski definition) is 3. The average molecular weight is 261 g/mol.